The normalized spacial score (nSPS) is 15.0. The number of anilines is 1. The fourth-order valence-electron chi connectivity index (χ4n) is 2.95. The Labute approximate surface area is 114 Å². The summed E-state index contributed by atoms with van der Waals surface area (Å²) in [6.07, 6.45) is 6.08. The van der Waals surface area contributed by atoms with E-state index in [1.165, 1.54) is 41.6 Å². The highest BCUT2D eigenvalue weighted by Gasteiger charge is 2.16. The zero-order valence-electron chi connectivity index (χ0n) is 11.3. The molecular formula is C16H21N3. The van der Waals surface area contributed by atoms with E-state index < -0.39 is 0 Å². The number of fused-ring (bicyclic) bond motifs is 2. The van der Waals surface area contributed by atoms with Gasteiger partial charge in [-0.05, 0) is 37.3 Å². The molecule has 3 rings (SSSR count). The highest BCUT2D eigenvalue weighted by Crippen LogP contribution is 2.32. The number of rotatable bonds is 3. The van der Waals surface area contributed by atoms with Crippen LogP contribution >= 0.6 is 0 Å². The van der Waals surface area contributed by atoms with Crippen LogP contribution in [0.5, 0.6) is 0 Å². The van der Waals surface area contributed by atoms with Crippen molar-refractivity contribution >= 4 is 16.6 Å². The quantitative estimate of drug-likeness (QED) is 0.829. The highest BCUT2D eigenvalue weighted by atomic mass is 14.9. The molecule has 19 heavy (non-hydrogen) atoms. The molecule has 0 unspecified atom stereocenters. The number of aromatic nitrogens is 1. The van der Waals surface area contributed by atoms with Gasteiger partial charge < -0.3 is 11.1 Å². The van der Waals surface area contributed by atoms with Gasteiger partial charge in [0.05, 0.1) is 5.52 Å². The Balaban J connectivity index is 2.17. The van der Waals surface area contributed by atoms with Gasteiger partial charge >= 0.3 is 0 Å². The predicted octanol–water partition coefficient (Wildman–Crippen LogP) is 2.87. The van der Waals surface area contributed by atoms with Crippen LogP contribution in [0, 0.1) is 0 Å². The van der Waals surface area contributed by atoms with Crippen LogP contribution in [0.2, 0.25) is 0 Å². The SMILES string of the molecule is NCCNc1c2c(nc3ccccc13)CCCCC2. The van der Waals surface area contributed by atoms with Crippen LogP contribution in [0.3, 0.4) is 0 Å². The van der Waals surface area contributed by atoms with Gasteiger partial charge in [0.15, 0.2) is 0 Å². The molecule has 1 aromatic carbocycles. The standard InChI is InChI=1S/C16H21N3/c17-10-11-18-16-12-6-2-1-3-8-14(12)19-15-9-5-4-7-13(15)16/h4-5,7,9H,1-3,6,8,10-11,17H2,(H,18,19). The van der Waals surface area contributed by atoms with Crippen LogP contribution in [-0.2, 0) is 12.8 Å². The molecule has 0 atom stereocenters. The molecule has 1 aliphatic rings. The maximum absolute atomic E-state index is 5.65. The molecule has 1 heterocycles. The summed E-state index contributed by atoms with van der Waals surface area (Å²) in [6.45, 7) is 1.48. The minimum Gasteiger partial charge on any atom is -0.383 e. The van der Waals surface area contributed by atoms with Gasteiger partial charge in [-0.15, -0.1) is 0 Å². The van der Waals surface area contributed by atoms with Gasteiger partial charge in [-0.3, -0.25) is 4.98 Å². The van der Waals surface area contributed by atoms with E-state index in [1.54, 1.807) is 0 Å². The monoisotopic (exact) mass is 255 g/mol. The number of pyridine rings is 1. The number of aryl methyl sites for hydroxylation is 1. The van der Waals surface area contributed by atoms with E-state index in [1.807, 2.05) is 0 Å². The van der Waals surface area contributed by atoms with Gasteiger partial charge in [0.1, 0.15) is 0 Å². The first-order valence-corrected chi connectivity index (χ1v) is 7.24. The van der Waals surface area contributed by atoms with Crippen LogP contribution in [-0.4, -0.2) is 18.1 Å². The Morgan fingerprint density at radius 1 is 1.11 bits per heavy atom. The summed E-state index contributed by atoms with van der Waals surface area (Å²) in [7, 11) is 0. The van der Waals surface area contributed by atoms with Gasteiger partial charge in [-0.1, -0.05) is 24.6 Å². The number of hydrogen-bond donors (Lipinski definition) is 2. The summed E-state index contributed by atoms with van der Waals surface area (Å²) in [6, 6.07) is 8.41. The molecule has 0 aliphatic heterocycles. The number of hydrogen-bond acceptors (Lipinski definition) is 3. The number of nitrogens with two attached hydrogens (primary N) is 1. The van der Waals surface area contributed by atoms with Gasteiger partial charge in [0.25, 0.3) is 0 Å². The van der Waals surface area contributed by atoms with Gasteiger partial charge in [0.2, 0.25) is 0 Å². The van der Waals surface area contributed by atoms with E-state index in [0.717, 1.165) is 24.9 Å². The lowest BCUT2D eigenvalue weighted by atomic mass is 10.0. The topological polar surface area (TPSA) is 50.9 Å². The molecule has 0 bridgehead atoms. The first-order valence-electron chi connectivity index (χ1n) is 7.24. The van der Waals surface area contributed by atoms with Crippen molar-refractivity contribution < 1.29 is 0 Å². The van der Waals surface area contributed by atoms with Gasteiger partial charge in [-0.25, -0.2) is 0 Å². The molecule has 0 saturated carbocycles. The van der Waals surface area contributed by atoms with Crippen LogP contribution in [0.25, 0.3) is 10.9 Å². The van der Waals surface area contributed by atoms with Crippen LogP contribution in [0.15, 0.2) is 24.3 Å². The highest BCUT2D eigenvalue weighted by molar-refractivity contribution is 5.93. The summed E-state index contributed by atoms with van der Waals surface area (Å²) in [5.41, 5.74) is 10.7. The zero-order chi connectivity index (χ0) is 13.1. The number of nitrogens with zero attached hydrogens (tertiary/aromatic N) is 1. The maximum Gasteiger partial charge on any atom is 0.0726 e. The second kappa shape index (κ2) is 5.57. The molecule has 0 radical (unpaired) electrons. The van der Waals surface area contributed by atoms with Crippen molar-refractivity contribution in [1.29, 1.82) is 0 Å². The minimum absolute atomic E-state index is 0.658. The lowest BCUT2D eigenvalue weighted by Gasteiger charge is -2.16. The molecule has 0 saturated heterocycles. The van der Waals surface area contributed by atoms with Crippen LogP contribution in [0.4, 0.5) is 5.69 Å². The largest absolute Gasteiger partial charge is 0.383 e. The Hall–Kier alpha value is -1.61. The molecule has 1 aliphatic carbocycles. The van der Waals surface area contributed by atoms with Crippen molar-refractivity contribution in [3.05, 3.63) is 35.5 Å². The lowest BCUT2D eigenvalue weighted by molar-refractivity contribution is 0.709. The average molecular weight is 255 g/mol. The van der Waals surface area contributed by atoms with E-state index in [2.05, 4.69) is 29.6 Å². The first kappa shape index (κ1) is 12.4. The molecule has 2 aromatic rings. The number of nitrogens with one attached hydrogen (secondary N) is 1. The molecule has 100 valence electrons. The Bertz CT molecular complexity index is 577. The minimum atomic E-state index is 0.658. The second-order valence-corrected chi connectivity index (χ2v) is 5.21. The molecule has 1 aromatic heterocycles. The molecule has 3 heteroatoms. The van der Waals surface area contributed by atoms with E-state index >= 15 is 0 Å². The predicted molar refractivity (Wildman–Crippen MR) is 80.5 cm³/mol. The van der Waals surface area contributed by atoms with Crippen molar-refractivity contribution in [2.75, 3.05) is 18.4 Å². The lowest BCUT2D eigenvalue weighted by Crippen LogP contribution is -2.15. The molecular weight excluding hydrogens is 234 g/mol. The average Bonchev–Trinajstić information content (AvgIpc) is 2.68. The van der Waals surface area contributed by atoms with Crippen LogP contribution < -0.4 is 11.1 Å². The summed E-state index contributed by atoms with van der Waals surface area (Å²) < 4.78 is 0. The summed E-state index contributed by atoms with van der Waals surface area (Å²) in [5, 5.41) is 4.76. The molecule has 0 amide bonds. The molecule has 3 nitrogen and oxygen atoms in total. The fourth-order valence-corrected chi connectivity index (χ4v) is 2.95. The van der Waals surface area contributed by atoms with Crippen molar-refractivity contribution in [2.45, 2.75) is 32.1 Å². The molecule has 0 spiro atoms. The Morgan fingerprint density at radius 3 is 2.84 bits per heavy atom. The van der Waals surface area contributed by atoms with Crippen molar-refractivity contribution in [3.63, 3.8) is 0 Å². The van der Waals surface area contributed by atoms with Crippen molar-refractivity contribution in [2.24, 2.45) is 5.73 Å². The smallest absolute Gasteiger partial charge is 0.0726 e. The zero-order valence-corrected chi connectivity index (χ0v) is 11.3. The summed E-state index contributed by atoms with van der Waals surface area (Å²) in [5.74, 6) is 0. The third kappa shape index (κ3) is 2.43. The van der Waals surface area contributed by atoms with Crippen molar-refractivity contribution in [3.8, 4) is 0 Å². The van der Waals surface area contributed by atoms with E-state index in [0.29, 0.717) is 6.54 Å². The second-order valence-electron chi connectivity index (χ2n) is 5.21. The van der Waals surface area contributed by atoms with Gasteiger partial charge in [-0.2, -0.15) is 0 Å². The number of para-hydroxylation sites is 1. The maximum atomic E-state index is 5.65. The Kier molecular flexibility index (Phi) is 3.65. The third-order valence-corrected chi connectivity index (χ3v) is 3.87. The molecule has 3 N–H and O–H groups in total. The summed E-state index contributed by atoms with van der Waals surface area (Å²) in [4.78, 5) is 4.87. The summed E-state index contributed by atoms with van der Waals surface area (Å²) >= 11 is 0. The molecule has 0 fully saturated rings. The van der Waals surface area contributed by atoms with Gasteiger partial charge in [0, 0.05) is 29.9 Å². The van der Waals surface area contributed by atoms with Crippen molar-refractivity contribution in [1.82, 2.24) is 4.98 Å². The van der Waals surface area contributed by atoms with E-state index in [4.69, 9.17) is 10.7 Å². The Morgan fingerprint density at radius 2 is 1.95 bits per heavy atom. The van der Waals surface area contributed by atoms with Crippen LogP contribution in [0.1, 0.15) is 30.5 Å². The van der Waals surface area contributed by atoms with E-state index in [9.17, 15) is 0 Å². The number of benzene rings is 1. The third-order valence-electron chi connectivity index (χ3n) is 3.87. The fraction of sp³-hybridized carbons (Fsp3) is 0.438. The first-order chi connectivity index (χ1) is 9.40. The van der Waals surface area contributed by atoms with E-state index in [-0.39, 0.29) is 0 Å².